The number of ether oxygens (including phenoxy) is 8. The standard InChI is InChI=1S/C37H61NO13/c1-11-27-37(43,18-46-36-33(45-10)32(44-9)29(41)23(6)48-36)34-26(49-34)14-13-25(39)20(3)16-21(4)31(19(2)12-15-28(40)50-27)51-35-30(42)24(38(7)8)17-22(5)47-35/h12-15,19-24,26-27,29-36,41-43H,11,16-18H2,1-10H3/b14-13+,15-12+/t19-,20+,21-,22+,23+,24-,26+,27+,29+,30+,31+,32+,33+,34+,35-,36+,37-/m0/s1. The Kier molecular flexibility index (Phi) is 14.8. The number of carbonyl (C=O) groups excluding carboxylic acids is 2. The summed E-state index contributed by atoms with van der Waals surface area (Å²) in [7, 11) is 6.70. The summed E-state index contributed by atoms with van der Waals surface area (Å²) < 4.78 is 47.4. The smallest absolute Gasteiger partial charge is 0.330 e. The molecule has 14 nitrogen and oxygen atoms in total. The molecular weight excluding hydrogens is 666 g/mol. The first kappa shape index (κ1) is 41.9. The summed E-state index contributed by atoms with van der Waals surface area (Å²) in [5.41, 5.74) is -1.86. The van der Waals surface area contributed by atoms with Gasteiger partial charge in [0.2, 0.25) is 0 Å². The summed E-state index contributed by atoms with van der Waals surface area (Å²) in [4.78, 5) is 28.7. The molecule has 3 saturated heterocycles. The summed E-state index contributed by atoms with van der Waals surface area (Å²) in [5, 5.41) is 34.0. The Morgan fingerprint density at radius 1 is 0.882 bits per heavy atom. The number of ketones is 1. The number of methoxy groups -OCH3 is 2. The van der Waals surface area contributed by atoms with E-state index in [2.05, 4.69) is 0 Å². The van der Waals surface area contributed by atoms with E-state index in [1.165, 1.54) is 26.4 Å². The lowest BCUT2D eigenvalue weighted by atomic mass is 9.84. The first-order chi connectivity index (χ1) is 24.1. The van der Waals surface area contributed by atoms with Crippen LogP contribution in [0.1, 0.15) is 60.8 Å². The van der Waals surface area contributed by atoms with Crippen molar-refractivity contribution in [1.82, 2.24) is 4.90 Å². The zero-order valence-electron chi connectivity index (χ0n) is 31.7. The monoisotopic (exact) mass is 727 g/mol. The Morgan fingerprint density at radius 3 is 2.20 bits per heavy atom. The molecule has 4 rings (SSSR count). The van der Waals surface area contributed by atoms with Crippen molar-refractivity contribution in [1.29, 1.82) is 0 Å². The molecule has 17 atom stereocenters. The Labute approximate surface area is 302 Å². The molecule has 0 aromatic rings. The van der Waals surface area contributed by atoms with Crippen LogP contribution in [0.5, 0.6) is 0 Å². The third-order valence-corrected chi connectivity index (χ3v) is 10.8. The fourth-order valence-electron chi connectivity index (χ4n) is 7.69. The molecule has 4 aliphatic heterocycles. The zero-order valence-corrected chi connectivity index (χ0v) is 31.7. The molecule has 0 amide bonds. The molecule has 4 aliphatic rings. The van der Waals surface area contributed by atoms with Gasteiger partial charge in [-0.3, -0.25) is 4.79 Å². The van der Waals surface area contributed by atoms with Gasteiger partial charge in [-0.15, -0.1) is 0 Å². The topological polar surface area (TPSA) is 175 Å². The van der Waals surface area contributed by atoms with Crippen molar-refractivity contribution in [2.75, 3.05) is 34.9 Å². The summed E-state index contributed by atoms with van der Waals surface area (Å²) in [6, 6.07) is -0.171. The second kappa shape index (κ2) is 18.0. The van der Waals surface area contributed by atoms with Crippen LogP contribution in [0.15, 0.2) is 24.3 Å². The van der Waals surface area contributed by atoms with E-state index in [0.29, 0.717) is 12.8 Å². The quantitative estimate of drug-likeness (QED) is 0.232. The Hall–Kier alpha value is -1.82. The molecular formula is C37H61NO13. The molecule has 0 saturated carbocycles. The second-order valence-electron chi connectivity index (χ2n) is 15.0. The van der Waals surface area contributed by atoms with Gasteiger partial charge in [0.15, 0.2) is 24.0 Å². The number of carbonyl (C=O) groups is 2. The van der Waals surface area contributed by atoms with Gasteiger partial charge in [0.1, 0.15) is 42.7 Å². The Bertz CT molecular complexity index is 1210. The summed E-state index contributed by atoms with van der Waals surface area (Å²) in [6.07, 6.45) is -1.95. The molecule has 0 aromatic heterocycles. The number of epoxide rings is 1. The van der Waals surface area contributed by atoms with E-state index >= 15 is 0 Å². The van der Waals surface area contributed by atoms with Crippen molar-refractivity contribution in [2.45, 2.75) is 146 Å². The molecule has 292 valence electrons. The first-order valence-corrected chi connectivity index (χ1v) is 18.2. The highest BCUT2D eigenvalue weighted by atomic mass is 16.7. The maximum atomic E-state index is 13.4. The maximum Gasteiger partial charge on any atom is 0.330 e. The normalized spacial score (nSPS) is 47.0. The van der Waals surface area contributed by atoms with Crippen LogP contribution in [0, 0.1) is 17.8 Å². The van der Waals surface area contributed by atoms with Crippen LogP contribution in [-0.2, 0) is 47.5 Å². The molecule has 0 spiro atoms. The van der Waals surface area contributed by atoms with Crippen LogP contribution in [0.3, 0.4) is 0 Å². The van der Waals surface area contributed by atoms with Crippen LogP contribution in [-0.4, -0.2) is 152 Å². The van der Waals surface area contributed by atoms with Gasteiger partial charge in [-0.05, 0) is 65.3 Å². The highest BCUT2D eigenvalue weighted by Gasteiger charge is 2.59. The van der Waals surface area contributed by atoms with E-state index in [1.54, 1.807) is 26.0 Å². The third-order valence-electron chi connectivity index (χ3n) is 10.8. The number of allylic oxidation sites excluding steroid dienone is 1. The number of nitrogens with zero attached hydrogens (tertiary/aromatic N) is 1. The molecule has 0 aromatic carbocycles. The Morgan fingerprint density at radius 2 is 1.57 bits per heavy atom. The van der Waals surface area contributed by atoms with Gasteiger partial charge >= 0.3 is 5.97 Å². The van der Waals surface area contributed by atoms with E-state index in [9.17, 15) is 24.9 Å². The van der Waals surface area contributed by atoms with Crippen molar-refractivity contribution in [3.05, 3.63) is 24.3 Å². The van der Waals surface area contributed by atoms with E-state index in [0.717, 1.165) is 0 Å². The van der Waals surface area contributed by atoms with Gasteiger partial charge in [-0.1, -0.05) is 33.8 Å². The van der Waals surface area contributed by atoms with Crippen molar-refractivity contribution in [3.8, 4) is 0 Å². The van der Waals surface area contributed by atoms with Crippen molar-refractivity contribution < 1.29 is 62.8 Å². The molecule has 0 aliphatic carbocycles. The number of aliphatic hydroxyl groups excluding tert-OH is 2. The summed E-state index contributed by atoms with van der Waals surface area (Å²) in [5.74, 6) is -1.71. The lowest BCUT2D eigenvalue weighted by Gasteiger charge is -2.43. The Balaban J connectivity index is 1.59. The van der Waals surface area contributed by atoms with Gasteiger partial charge in [-0.25, -0.2) is 4.79 Å². The number of fused-ring (bicyclic) bond motifs is 1. The lowest BCUT2D eigenvalue weighted by molar-refractivity contribution is -0.313. The van der Waals surface area contributed by atoms with Crippen LogP contribution in [0.2, 0.25) is 0 Å². The van der Waals surface area contributed by atoms with Crippen LogP contribution >= 0.6 is 0 Å². The average molecular weight is 728 g/mol. The van der Waals surface area contributed by atoms with Crippen LogP contribution in [0.25, 0.3) is 0 Å². The van der Waals surface area contributed by atoms with Crippen LogP contribution in [0.4, 0.5) is 0 Å². The van der Waals surface area contributed by atoms with Gasteiger partial charge in [-0.2, -0.15) is 0 Å². The number of hydrogen-bond donors (Lipinski definition) is 3. The first-order valence-electron chi connectivity index (χ1n) is 18.2. The molecule has 0 bridgehead atoms. The number of aliphatic hydroxyl groups is 3. The molecule has 0 radical (unpaired) electrons. The molecule has 3 fully saturated rings. The van der Waals surface area contributed by atoms with E-state index in [1.807, 2.05) is 46.7 Å². The van der Waals surface area contributed by atoms with Gasteiger partial charge in [0.25, 0.3) is 0 Å². The summed E-state index contributed by atoms with van der Waals surface area (Å²) in [6.45, 7) is 10.7. The minimum atomic E-state index is -1.86. The second-order valence-corrected chi connectivity index (χ2v) is 15.0. The SMILES string of the molecule is CC[C@H]1OC(=O)/C=C/[C@H](C)[C@@H](O[C@@H]2O[C@H](C)C[C@H](N(C)C)[C@H]2O)[C@@H](C)C[C@@H](C)C(=O)/C=C/[C@H]2O[C@H]2[C@]1(O)CO[C@@H]1O[C@H](C)[C@@H](O)[C@@H](OC)[C@H]1OC. The minimum Gasteiger partial charge on any atom is -0.456 e. The van der Waals surface area contributed by atoms with E-state index in [4.69, 9.17) is 37.9 Å². The van der Waals surface area contributed by atoms with Gasteiger partial charge in [0, 0.05) is 38.2 Å². The van der Waals surface area contributed by atoms with Crippen molar-refractivity contribution in [3.63, 3.8) is 0 Å². The zero-order chi connectivity index (χ0) is 37.8. The number of rotatable bonds is 9. The predicted molar refractivity (Wildman–Crippen MR) is 184 cm³/mol. The maximum absolute atomic E-state index is 13.4. The highest BCUT2D eigenvalue weighted by Crippen LogP contribution is 2.40. The fourth-order valence-corrected chi connectivity index (χ4v) is 7.69. The average Bonchev–Trinajstić information content (AvgIpc) is 3.88. The van der Waals surface area contributed by atoms with Crippen molar-refractivity contribution >= 4 is 11.8 Å². The summed E-state index contributed by atoms with van der Waals surface area (Å²) >= 11 is 0. The fraction of sp³-hybridized carbons (Fsp3) is 0.838. The highest BCUT2D eigenvalue weighted by molar-refractivity contribution is 5.91. The molecule has 14 heteroatoms. The number of hydrogen-bond acceptors (Lipinski definition) is 14. The molecule has 4 heterocycles. The van der Waals surface area contributed by atoms with Gasteiger partial charge in [0.05, 0.1) is 24.9 Å². The van der Waals surface area contributed by atoms with Crippen molar-refractivity contribution in [2.24, 2.45) is 17.8 Å². The number of esters is 1. The lowest BCUT2D eigenvalue weighted by Crippen LogP contribution is -2.60. The molecule has 0 unspecified atom stereocenters. The number of cyclic esters (lactones) is 1. The molecule has 3 N–H and O–H groups in total. The number of likely N-dealkylation sites (N-methyl/N-ethyl adjacent to an activating group) is 1. The molecule has 51 heavy (non-hydrogen) atoms. The van der Waals surface area contributed by atoms with E-state index in [-0.39, 0.29) is 48.7 Å². The van der Waals surface area contributed by atoms with Crippen LogP contribution < -0.4 is 0 Å². The minimum absolute atomic E-state index is 0.115. The van der Waals surface area contributed by atoms with Gasteiger partial charge < -0.3 is 58.1 Å². The third kappa shape index (κ3) is 9.84. The van der Waals surface area contributed by atoms with E-state index < -0.39 is 79.1 Å². The predicted octanol–water partition coefficient (Wildman–Crippen LogP) is 1.76. The largest absolute Gasteiger partial charge is 0.456 e.